The van der Waals surface area contributed by atoms with Gasteiger partial charge >= 0.3 is 17.6 Å². The van der Waals surface area contributed by atoms with E-state index in [0.717, 1.165) is 0 Å². The molecule has 12 nitrogen and oxygen atoms in total. The van der Waals surface area contributed by atoms with Gasteiger partial charge in [0, 0.05) is 25.6 Å². The largest absolute Gasteiger partial charge is 0.479 e. The minimum atomic E-state index is -1.65. The Labute approximate surface area is 166 Å². The predicted molar refractivity (Wildman–Crippen MR) is 102 cm³/mol. The number of aliphatic carboxylic acids is 2. The first-order chi connectivity index (χ1) is 13.6. The zero-order valence-electron chi connectivity index (χ0n) is 16.5. The Morgan fingerprint density at radius 1 is 1.41 bits per heavy atom. The van der Waals surface area contributed by atoms with Crippen molar-refractivity contribution in [2.24, 2.45) is 5.92 Å². The number of carbonyl (C=O) groups is 2. The van der Waals surface area contributed by atoms with Crippen LogP contribution >= 0.6 is 0 Å². The molecule has 0 saturated carbocycles. The Morgan fingerprint density at radius 2 is 2.07 bits per heavy atom. The number of anilines is 1. The van der Waals surface area contributed by atoms with Gasteiger partial charge in [0.2, 0.25) is 5.82 Å². The summed E-state index contributed by atoms with van der Waals surface area (Å²) in [5.74, 6) is -2.87. The molecule has 0 amide bonds. The standard InChI is InChI=1S/C12H16O6.C5H8N4O2/c1-8-9(10(13)14)4-3-5-12(8,11(15)16)18-7-6-17-2;1-3-4(9(10)11)5(6-2)8-7-3/h3-5,8H,6-7H2,1-2H3,(H,13,14)(H,15,16);1-2H3,(H2,6,7,8). The van der Waals surface area contributed by atoms with E-state index in [0.29, 0.717) is 5.69 Å². The molecule has 1 aromatic rings. The van der Waals surface area contributed by atoms with E-state index in [2.05, 4.69) is 15.5 Å². The number of hydrogen-bond donors (Lipinski definition) is 4. The number of allylic oxidation sites excluding steroid dienone is 2. The van der Waals surface area contributed by atoms with Crippen LogP contribution in [0, 0.1) is 23.0 Å². The summed E-state index contributed by atoms with van der Waals surface area (Å²) in [6.45, 7) is 3.43. The number of carboxylic acids is 2. The summed E-state index contributed by atoms with van der Waals surface area (Å²) in [5.41, 5.74) is -1.18. The molecule has 12 heteroatoms. The van der Waals surface area contributed by atoms with Crippen LogP contribution in [0.4, 0.5) is 11.5 Å². The third-order valence-corrected chi connectivity index (χ3v) is 4.27. The van der Waals surface area contributed by atoms with E-state index in [-0.39, 0.29) is 30.3 Å². The van der Waals surface area contributed by atoms with E-state index in [1.54, 1.807) is 14.0 Å². The molecule has 160 valence electrons. The third-order valence-electron chi connectivity index (χ3n) is 4.27. The quantitative estimate of drug-likeness (QED) is 0.277. The Hall–Kier alpha value is -3.25. The SMILES string of the molecule is CNc1n[nH]c(C)c1[N+](=O)[O-].COCCOC1(C(=O)O)C=CC=C(C(=O)O)C1C. The summed E-state index contributed by atoms with van der Waals surface area (Å²) in [6.07, 6.45) is 4.14. The predicted octanol–water partition coefficient (Wildman–Crippen LogP) is 1.36. The van der Waals surface area contributed by atoms with Crippen molar-refractivity contribution in [2.75, 3.05) is 32.7 Å². The zero-order chi connectivity index (χ0) is 22.2. The van der Waals surface area contributed by atoms with Crippen LogP contribution in [0.3, 0.4) is 0 Å². The highest BCUT2D eigenvalue weighted by atomic mass is 16.6. The van der Waals surface area contributed by atoms with Gasteiger partial charge in [0.25, 0.3) is 0 Å². The lowest BCUT2D eigenvalue weighted by Crippen LogP contribution is -2.49. The maximum absolute atomic E-state index is 11.4. The number of nitrogens with one attached hydrogen (secondary N) is 2. The van der Waals surface area contributed by atoms with E-state index in [9.17, 15) is 24.8 Å². The highest BCUT2D eigenvalue weighted by Gasteiger charge is 2.47. The fourth-order valence-electron chi connectivity index (χ4n) is 2.68. The Bertz CT molecular complexity index is 816. The number of ether oxygens (including phenoxy) is 2. The number of aromatic amines is 1. The number of carboxylic acid groups (broad SMARTS) is 2. The number of H-pyrrole nitrogens is 1. The van der Waals surface area contributed by atoms with Crippen LogP contribution in [0.2, 0.25) is 0 Å². The summed E-state index contributed by atoms with van der Waals surface area (Å²) < 4.78 is 10.1. The number of nitro groups is 1. The second kappa shape index (κ2) is 10.3. The van der Waals surface area contributed by atoms with Gasteiger partial charge in [-0.15, -0.1) is 0 Å². The topological polar surface area (TPSA) is 177 Å². The molecule has 29 heavy (non-hydrogen) atoms. The molecular formula is C17H24N4O8. The molecule has 0 radical (unpaired) electrons. The highest BCUT2D eigenvalue weighted by molar-refractivity contribution is 5.92. The molecule has 2 atom stereocenters. The fraction of sp³-hybridized carbons (Fsp3) is 0.471. The smallest absolute Gasteiger partial charge is 0.340 e. The first-order valence-corrected chi connectivity index (χ1v) is 8.48. The average Bonchev–Trinajstić information content (AvgIpc) is 3.04. The third kappa shape index (κ3) is 5.39. The lowest BCUT2D eigenvalue weighted by Gasteiger charge is -2.34. The van der Waals surface area contributed by atoms with Gasteiger partial charge in [0.15, 0.2) is 5.60 Å². The minimum Gasteiger partial charge on any atom is -0.479 e. The Kier molecular flexibility index (Phi) is 8.48. The van der Waals surface area contributed by atoms with Gasteiger partial charge in [0.05, 0.1) is 18.1 Å². The van der Waals surface area contributed by atoms with Gasteiger partial charge in [-0.25, -0.2) is 9.59 Å². The van der Waals surface area contributed by atoms with E-state index in [1.807, 2.05) is 0 Å². The molecule has 0 aromatic carbocycles. The molecule has 0 fully saturated rings. The Balaban J connectivity index is 0.000000326. The summed E-state index contributed by atoms with van der Waals surface area (Å²) >= 11 is 0. The van der Waals surface area contributed by atoms with Crippen molar-refractivity contribution in [2.45, 2.75) is 19.4 Å². The molecular weight excluding hydrogens is 388 g/mol. The number of aryl methyl sites for hydroxylation is 1. The van der Waals surface area contributed by atoms with Gasteiger partial charge in [-0.3, -0.25) is 15.2 Å². The summed E-state index contributed by atoms with van der Waals surface area (Å²) in [5, 5.41) is 37.5. The van der Waals surface area contributed by atoms with Crippen LogP contribution in [0.5, 0.6) is 0 Å². The van der Waals surface area contributed by atoms with Crippen molar-refractivity contribution in [3.8, 4) is 0 Å². The highest BCUT2D eigenvalue weighted by Crippen LogP contribution is 2.33. The molecule has 4 N–H and O–H groups in total. The number of aromatic nitrogens is 2. The second-order valence-electron chi connectivity index (χ2n) is 6.00. The number of nitrogens with zero attached hydrogens (tertiary/aromatic N) is 2. The average molecular weight is 412 g/mol. The monoisotopic (exact) mass is 412 g/mol. The van der Waals surface area contributed by atoms with Crippen LogP contribution in [0.1, 0.15) is 12.6 Å². The van der Waals surface area contributed by atoms with E-state index >= 15 is 0 Å². The van der Waals surface area contributed by atoms with Gasteiger partial charge in [-0.1, -0.05) is 19.1 Å². The molecule has 2 unspecified atom stereocenters. The molecule has 1 aliphatic carbocycles. The first-order valence-electron chi connectivity index (χ1n) is 8.48. The molecule has 1 aromatic heterocycles. The van der Waals surface area contributed by atoms with Crippen LogP contribution in [0.15, 0.2) is 23.8 Å². The van der Waals surface area contributed by atoms with Crippen LogP contribution in [-0.2, 0) is 19.1 Å². The van der Waals surface area contributed by atoms with Crippen molar-refractivity contribution in [1.82, 2.24) is 10.2 Å². The molecule has 0 aliphatic heterocycles. The molecule has 2 rings (SSSR count). The van der Waals surface area contributed by atoms with Gasteiger partial charge in [-0.2, -0.15) is 5.10 Å². The number of rotatable bonds is 8. The summed E-state index contributed by atoms with van der Waals surface area (Å²) in [7, 11) is 3.06. The van der Waals surface area contributed by atoms with Crippen molar-refractivity contribution >= 4 is 23.4 Å². The van der Waals surface area contributed by atoms with Crippen LogP contribution in [-0.4, -0.2) is 70.2 Å². The van der Waals surface area contributed by atoms with Gasteiger partial charge < -0.3 is 25.0 Å². The van der Waals surface area contributed by atoms with E-state index in [4.69, 9.17) is 14.6 Å². The van der Waals surface area contributed by atoms with Gasteiger partial charge in [0.1, 0.15) is 5.69 Å². The second-order valence-corrected chi connectivity index (χ2v) is 6.00. The van der Waals surface area contributed by atoms with Gasteiger partial charge in [-0.05, 0) is 13.0 Å². The van der Waals surface area contributed by atoms with E-state index < -0.39 is 28.4 Å². The maximum Gasteiger partial charge on any atom is 0.340 e. The van der Waals surface area contributed by atoms with Crippen molar-refractivity contribution in [1.29, 1.82) is 0 Å². The van der Waals surface area contributed by atoms with Crippen molar-refractivity contribution in [3.05, 3.63) is 39.6 Å². The molecule has 0 saturated heterocycles. The molecule has 0 bridgehead atoms. The van der Waals surface area contributed by atoms with E-state index in [1.165, 1.54) is 32.3 Å². The van der Waals surface area contributed by atoms with Crippen molar-refractivity contribution < 1.29 is 34.2 Å². The van der Waals surface area contributed by atoms with Crippen LogP contribution < -0.4 is 5.32 Å². The Morgan fingerprint density at radius 3 is 2.52 bits per heavy atom. The zero-order valence-corrected chi connectivity index (χ0v) is 16.5. The normalized spacial score (nSPS) is 20.3. The molecule has 1 heterocycles. The summed E-state index contributed by atoms with van der Waals surface area (Å²) in [4.78, 5) is 32.3. The van der Waals surface area contributed by atoms with Crippen LogP contribution in [0.25, 0.3) is 0 Å². The summed E-state index contributed by atoms with van der Waals surface area (Å²) in [6, 6.07) is 0. The minimum absolute atomic E-state index is 0.00694. The molecule has 0 spiro atoms. The fourth-order valence-corrected chi connectivity index (χ4v) is 2.68. The van der Waals surface area contributed by atoms with Crippen molar-refractivity contribution in [3.63, 3.8) is 0 Å². The lowest BCUT2D eigenvalue weighted by atomic mass is 9.79. The number of hydrogen-bond acceptors (Lipinski definition) is 8. The number of methoxy groups -OCH3 is 1. The maximum atomic E-state index is 11.4. The molecule has 1 aliphatic rings. The lowest BCUT2D eigenvalue weighted by molar-refractivity contribution is -0.384. The first kappa shape index (κ1) is 23.8.